The van der Waals surface area contributed by atoms with Gasteiger partial charge in [0.15, 0.2) is 0 Å². The first kappa shape index (κ1) is 28.4. The SMILES string of the molecule is CN(CCNC(=O)c1ccccn1)Cc1ccc(-c2ccc(Br)cc2)n1-c1ccccc1C(F)(F)F.Cl. The highest BCUT2D eigenvalue weighted by Crippen LogP contribution is 2.37. The molecular formula is C27H25BrClF3N4O. The second-order valence-electron chi connectivity index (χ2n) is 8.28. The summed E-state index contributed by atoms with van der Waals surface area (Å²) in [6.45, 7) is 1.24. The highest BCUT2D eigenvalue weighted by atomic mass is 79.9. The molecule has 37 heavy (non-hydrogen) atoms. The number of aromatic nitrogens is 2. The molecule has 0 unspecified atom stereocenters. The topological polar surface area (TPSA) is 50.2 Å². The lowest BCUT2D eigenvalue weighted by Crippen LogP contribution is -2.33. The second kappa shape index (κ2) is 12.4. The molecule has 2 aromatic heterocycles. The number of nitrogens with zero attached hydrogens (tertiary/aromatic N) is 3. The lowest BCUT2D eigenvalue weighted by molar-refractivity contribution is -0.137. The summed E-state index contributed by atoms with van der Waals surface area (Å²) in [5.41, 5.74) is 1.85. The molecule has 0 aliphatic rings. The number of hydrogen-bond donors (Lipinski definition) is 1. The molecule has 1 amide bonds. The summed E-state index contributed by atoms with van der Waals surface area (Å²) in [6, 6.07) is 21.8. The summed E-state index contributed by atoms with van der Waals surface area (Å²) in [5, 5.41) is 2.82. The van der Waals surface area contributed by atoms with Gasteiger partial charge in [0.25, 0.3) is 5.91 Å². The molecule has 0 fully saturated rings. The van der Waals surface area contributed by atoms with Crippen molar-refractivity contribution in [3.8, 4) is 16.9 Å². The monoisotopic (exact) mass is 592 g/mol. The third-order valence-electron chi connectivity index (χ3n) is 5.66. The van der Waals surface area contributed by atoms with Crippen LogP contribution in [0.2, 0.25) is 0 Å². The van der Waals surface area contributed by atoms with Crippen LogP contribution in [-0.2, 0) is 12.7 Å². The highest BCUT2D eigenvalue weighted by Gasteiger charge is 2.34. The van der Waals surface area contributed by atoms with Gasteiger partial charge >= 0.3 is 6.18 Å². The molecule has 0 radical (unpaired) electrons. The first-order valence-electron chi connectivity index (χ1n) is 11.2. The number of benzene rings is 2. The van der Waals surface area contributed by atoms with Gasteiger partial charge in [-0.2, -0.15) is 13.2 Å². The zero-order valence-electron chi connectivity index (χ0n) is 19.9. The van der Waals surface area contributed by atoms with Crippen molar-refractivity contribution < 1.29 is 18.0 Å². The van der Waals surface area contributed by atoms with Crippen LogP contribution in [0.15, 0.2) is 89.5 Å². The molecule has 0 aliphatic carbocycles. The maximum absolute atomic E-state index is 13.9. The fraction of sp³-hybridized carbons (Fsp3) is 0.185. The van der Waals surface area contributed by atoms with Gasteiger partial charge in [0, 0.05) is 36.0 Å². The second-order valence-corrected chi connectivity index (χ2v) is 9.19. The van der Waals surface area contributed by atoms with E-state index in [0.717, 1.165) is 16.1 Å². The lowest BCUT2D eigenvalue weighted by Gasteiger charge is -2.22. The Hall–Kier alpha value is -3.14. The van der Waals surface area contributed by atoms with E-state index in [0.29, 0.717) is 36.7 Å². The van der Waals surface area contributed by atoms with Gasteiger partial charge in [-0.1, -0.05) is 46.3 Å². The standard InChI is InChI=1S/C27H24BrF3N4O.ClH/c1-34(17-16-33-26(36)23-7-4-5-15-32-23)18-21-13-14-24(19-9-11-20(28)12-10-19)35(21)25-8-3-2-6-22(25)27(29,30)31;/h2-15H,16-18H2,1H3,(H,33,36);1H. The lowest BCUT2D eigenvalue weighted by atomic mass is 10.1. The predicted octanol–water partition coefficient (Wildman–Crippen LogP) is 6.60. The summed E-state index contributed by atoms with van der Waals surface area (Å²) in [6.07, 6.45) is -2.95. The number of amides is 1. The summed E-state index contributed by atoms with van der Waals surface area (Å²) in [7, 11) is 1.86. The molecule has 5 nitrogen and oxygen atoms in total. The van der Waals surface area contributed by atoms with E-state index in [-0.39, 0.29) is 24.0 Å². The van der Waals surface area contributed by atoms with Gasteiger partial charge in [0.1, 0.15) is 5.69 Å². The van der Waals surface area contributed by atoms with Gasteiger partial charge < -0.3 is 9.88 Å². The van der Waals surface area contributed by atoms with Gasteiger partial charge in [-0.05, 0) is 61.1 Å². The largest absolute Gasteiger partial charge is 0.418 e. The molecular weight excluding hydrogens is 569 g/mol. The van der Waals surface area contributed by atoms with Gasteiger partial charge in [0.05, 0.1) is 16.9 Å². The maximum atomic E-state index is 13.9. The van der Waals surface area contributed by atoms with E-state index < -0.39 is 11.7 Å². The van der Waals surface area contributed by atoms with Crippen molar-refractivity contribution in [2.24, 2.45) is 0 Å². The average Bonchev–Trinajstić information content (AvgIpc) is 3.27. The van der Waals surface area contributed by atoms with Crippen LogP contribution in [0.25, 0.3) is 16.9 Å². The molecule has 4 rings (SSSR count). The minimum atomic E-state index is -4.50. The fourth-order valence-electron chi connectivity index (χ4n) is 3.94. The van der Waals surface area contributed by atoms with Crippen molar-refractivity contribution in [3.05, 3.63) is 106 Å². The Bertz CT molecular complexity index is 1330. The Balaban J connectivity index is 0.00000380. The third kappa shape index (κ3) is 7.00. The van der Waals surface area contributed by atoms with Gasteiger partial charge in [-0.15, -0.1) is 12.4 Å². The quantitative estimate of drug-likeness (QED) is 0.250. The van der Waals surface area contributed by atoms with Crippen LogP contribution in [-0.4, -0.2) is 40.5 Å². The smallest absolute Gasteiger partial charge is 0.349 e. The fourth-order valence-corrected chi connectivity index (χ4v) is 4.21. The minimum absolute atomic E-state index is 0. The number of carbonyl (C=O) groups excluding carboxylic acids is 1. The Labute approximate surface area is 227 Å². The first-order chi connectivity index (χ1) is 17.2. The van der Waals surface area contributed by atoms with Gasteiger partial charge in [0.2, 0.25) is 0 Å². The van der Waals surface area contributed by atoms with E-state index in [4.69, 9.17) is 0 Å². The zero-order valence-corrected chi connectivity index (χ0v) is 22.3. The molecule has 1 N–H and O–H groups in total. The van der Waals surface area contributed by atoms with Crippen molar-refractivity contribution in [3.63, 3.8) is 0 Å². The van der Waals surface area contributed by atoms with E-state index in [2.05, 4.69) is 26.2 Å². The molecule has 2 heterocycles. The predicted molar refractivity (Wildman–Crippen MR) is 144 cm³/mol. The van der Waals surface area contributed by atoms with Gasteiger partial charge in [-0.25, -0.2) is 0 Å². The number of likely N-dealkylation sites (N-methyl/N-ethyl adjacent to an activating group) is 1. The Morgan fingerprint density at radius 1 is 1.00 bits per heavy atom. The molecule has 4 aromatic rings. The maximum Gasteiger partial charge on any atom is 0.418 e. The number of halogens is 5. The van der Waals surface area contributed by atoms with Crippen molar-refractivity contribution >= 4 is 34.2 Å². The van der Waals surface area contributed by atoms with E-state index in [9.17, 15) is 18.0 Å². The van der Waals surface area contributed by atoms with E-state index >= 15 is 0 Å². The zero-order chi connectivity index (χ0) is 25.7. The Morgan fingerprint density at radius 3 is 2.38 bits per heavy atom. The van der Waals surface area contributed by atoms with E-state index in [1.165, 1.54) is 12.1 Å². The first-order valence-corrected chi connectivity index (χ1v) is 12.0. The summed E-state index contributed by atoms with van der Waals surface area (Å²) in [4.78, 5) is 18.2. The third-order valence-corrected chi connectivity index (χ3v) is 6.19. The van der Waals surface area contributed by atoms with E-state index in [1.807, 2.05) is 48.3 Å². The normalized spacial score (nSPS) is 11.3. The van der Waals surface area contributed by atoms with Crippen molar-refractivity contribution in [1.29, 1.82) is 0 Å². The Kier molecular flexibility index (Phi) is 9.53. The molecule has 2 aromatic carbocycles. The van der Waals surface area contributed by atoms with Crippen LogP contribution in [0.3, 0.4) is 0 Å². The van der Waals surface area contributed by atoms with Crippen LogP contribution in [0.5, 0.6) is 0 Å². The molecule has 194 valence electrons. The highest BCUT2D eigenvalue weighted by molar-refractivity contribution is 9.10. The van der Waals surface area contributed by atoms with Crippen molar-refractivity contribution in [1.82, 2.24) is 19.8 Å². The van der Waals surface area contributed by atoms with Crippen molar-refractivity contribution in [2.75, 3.05) is 20.1 Å². The number of pyridine rings is 1. The van der Waals surface area contributed by atoms with Crippen LogP contribution < -0.4 is 5.32 Å². The van der Waals surface area contributed by atoms with Crippen LogP contribution in [0.4, 0.5) is 13.2 Å². The number of hydrogen-bond acceptors (Lipinski definition) is 3. The van der Waals surface area contributed by atoms with E-state index in [1.54, 1.807) is 35.0 Å². The number of alkyl halides is 3. The molecule has 10 heteroatoms. The minimum Gasteiger partial charge on any atom is -0.349 e. The van der Waals surface area contributed by atoms with Crippen LogP contribution in [0.1, 0.15) is 21.7 Å². The summed E-state index contributed by atoms with van der Waals surface area (Å²) in [5.74, 6) is -0.274. The van der Waals surface area contributed by atoms with Crippen molar-refractivity contribution in [2.45, 2.75) is 12.7 Å². The molecule has 0 saturated heterocycles. The summed E-state index contributed by atoms with van der Waals surface area (Å²) >= 11 is 3.41. The van der Waals surface area contributed by atoms with Gasteiger partial charge in [-0.3, -0.25) is 14.7 Å². The van der Waals surface area contributed by atoms with Crippen LogP contribution in [0, 0.1) is 0 Å². The molecule has 0 saturated carbocycles. The van der Waals surface area contributed by atoms with Crippen LogP contribution >= 0.6 is 28.3 Å². The number of carbonyl (C=O) groups is 1. The molecule has 0 bridgehead atoms. The number of nitrogens with one attached hydrogen (secondary N) is 1. The number of rotatable bonds is 8. The molecule has 0 atom stereocenters. The average molecular weight is 594 g/mol. The summed E-state index contributed by atoms with van der Waals surface area (Å²) < 4.78 is 44.3. The molecule has 0 aliphatic heterocycles. The molecule has 0 spiro atoms. The Morgan fingerprint density at radius 2 is 1.70 bits per heavy atom. The number of para-hydroxylation sites is 1.